The van der Waals surface area contributed by atoms with E-state index in [4.69, 9.17) is 4.18 Å². The maximum absolute atomic E-state index is 11.7. The zero-order chi connectivity index (χ0) is 12.9. The van der Waals surface area contributed by atoms with Crippen LogP contribution in [0.4, 0.5) is 0 Å². The molecule has 0 aliphatic carbocycles. The first-order chi connectivity index (χ1) is 7.85. The molecule has 0 radical (unpaired) electrons. The van der Waals surface area contributed by atoms with Crippen LogP contribution in [-0.4, -0.2) is 14.0 Å². The Morgan fingerprint density at radius 3 is 2.35 bits per heavy atom. The fourth-order valence-electron chi connectivity index (χ4n) is 1.13. The van der Waals surface area contributed by atoms with Crippen LogP contribution in [0.5, 0.6) is 0 Å². The van der Waals surface area contributed by atoms with Crippen molar-refractivity contribution >= 4 is 16.2 Å². The summed E-state index contributed by atoms with van der Waals surface area (Å²) in [6, 6.07) is 9.24. The van der Waals surface area contributed by atoms with Gasteiger partial charge in [0.15, 0.2) is 0 Å². The van der Waals surface area contributed by atoms with Gasteiger partial charge in [-0.25, -0.2) is 0 Å². The molecule has 0 aliphatic rings. The summed E-state index contributed by atoms with van der Waals surface area (Å²) in [5.74, 6) is 0. The molecule has 0 spiro atoms. The normalized spacial score (nSPS) is 13.1. The fourth-order valence-corrected chi connectivity index (χ4v) is 2.25. The molecule has 0 heterocycles. The van der Waals surface area contributed by atoms with Crippen molar-refractivity contribution < 1.29 is 12.6 Å². The number of benzene rings is 1. The van der Waals surface area contributed by atoms with Crippen molar-refractivity contribution in [1.82, 2.24) is 0 Å². The first kappa shape index (κ1) is 13.9. The van der Waals surface area contributed by atoms with Crippen molar-refractivity contribution in [2.45, 2.75) is 32.8 Å². The Bertz CT molecular complexity index is 473. The van der Waals surface area contributed by atoms with Crippen molar-refractivity contribution in [1.29, 1.82) is 0 Å². The van der Waals surface area contributed by atoms with Gasteiger partial charge in [0, 0.05) is 0 Å². The molecule has 0 fully saturated rings. The topological polar surface area (TPSA) is 43.4 Å². The van der Waals surface area contributed by atoms with E-state index in [-0.39, 0.29) is 0 Å². The van der Waals surface area contributed by atoms with E-state index in [2.05, 4.69) is 0 Å². The summed E-state index contributed by atoms with van der Waals surface area (Å²) in [5, 5.41) is 1.10. The van der Waals surface area contributed by atoms with Crippen molar-refractivity contribution in [3.63, 3.8) is 0 Å². The summed E-state index contributed by atoms with van der Waals surface area (Å²) >= 11 is 0. The number of rotatable bonds is 5. The van der Waals surface area contributed by atoms with Gasteiger partial charge in [-0.1, -0.05) is 37.3 Å². The third kappa shape index (κ3) is 5.15. The molecule has 1 aromatic carbocycles. The van der Waals surface area contributed by atoms with Gasteiger partial charge in [-0.3, -0.25) is 4.18 Å². The monoisotopic (exact) mass is 254 g/mol. The molecule has 1 rings (SSSR count). The average Bonchev–Trinajstić information content (AvgIpc) is 2.27. The van der Waals surface area contributed by atoms with E-state index in [1.807, 2.05) is 37.3 Å². The first-order valence-corrected chi connectivity index (χ1v) is 7.00. The van der Waals surface area contributed by atoms with E-state index < -0.39 is 15.7 Å². The fraction of sp³-hybridized carbons (Fsp3) is 0.385. The lowest BCUT2D eigenvalue weighted by Gasteiger charge is -2.21. The molecule has 1 aromatic rings. The molecule has 0 saturated carbocycles. The zero-order valence-corrected chi connectivity index (χ0v) is 11.2. The lowest BCUT2D eigenvalue weighted by Crippen LogP contribution is -2.25. The van der Waals surface area contributed by atoms with Gasteiger partial charge in [-0.2, -0.15) is 8.42 Å². The molecule has 0 saturated heterocycles. The minimum absolute atomic E-state index is 0.630. The molecule has 0 aromatic heterocycles. The summed E-state index contributed by atoms with van der Waals surface area (Å²) in [7, 11) is -3.63. The minimum Gasteiger partial charge on any atom is -0.261 e. The van der Waals surface area contributed by atoms with Crippen molar-refractivity contribution in [3.8, 4) is 0 Å². The molecule has 0 amide bonds. The second-order valence-electron chi connectivity index (χ2n) is 4.40. The van der Waals surface area contributed by atoms with E-state index >= 15 is 0 Å². The van der Waals surface area contributed by atoms with E-state index in [1.165, 1.54) is 6.08 Å². The Balaban J connectivity index is 2.78. The number of hydrogen-bond acceptors (Lipinski definition) is 3. The molecule has 0 aliphatic heterocycles. The third-order valence-corrected chi connectivity index (χ3v) is 3.57. The van der Waals surface area contributed by atoms with Gasteiger partial charge in [0.25, 0.3) is 10.1 Å². The average molecular weight is 254 g/mol. The highest BCUT2D eigenvalue weighted by Crippen LogP contribution is 2.18. The molecule has 17 heavy (non-hydrogen) atoms. The van der Waals surface area contributed by atoms with Crippen LogP contribution in [0.15, 0.2) is 35.7 Å². The molecular formula is C13H18O3S. The van der Waals surface area contributed by atoms with E-state index in [9.17, 15) is 8.42 Å². The molecule has 4 heteroatoms. The lowest BCUT2D eigenvalue weighted by molar-refractivity contribution is 0.116. The lowest BCUT2D eigenvalue weighted by atomic mass is 10.1. The van der Waals surface area contributed by atoms with Crippen LogP contribution in [0.3, 0.4) is 0 Å². The van der Waals surface area contributed by atoms with Crippen LogP contribution in [-0.2, 0) is 14.3 Å². The predicted molar refractivity (Wildman–Crippen MR) is 69.9 cm³/mol. The zero-order valence-electron chi connectivity index (χ0n) is 10.4. The Morgan fingerprint density at radius 1 is 1.24 bits per heavy atom. The van der Waals surface area contributed by atoms with Crippen LogP contribution in [0.1, 0.15) is 32.8 Å². The molecular weight excluding hydrogens is 236 g/mol. The van der Waals surface area contributed by atoms with Gasteiger partial charge in [0.2, 0.25) is 0 Å². The highest BCUT2D eigenvalue weighted by atomic mass is 32.2. The molecule has 0 N–H and O–H groups in total. The SMILES string of the molecule is CCC(C)(C)OS(=O)(=O)C=Cc1ccccc1. The summed E-state index contributed by atoms with van der Waals surface area (Å²) in [6.45, 7) is 5.39. The summed E-state index contributed by atoms with van der Waals surface area (Å²) in [6.07, 6.45) is 2.16. The third-order valence-electron chi connectivity index (χ3n) is 2.42. The summed E-state index contributed by atoms with van der Waals surface area (Å²) < 4.78 is 28.4. The minimum atomic E-state index is -3.63. The molecule has 0 unspecified atom stereocenters. The van der Waals surface area contributed by atoms with Crippen molar-refractivity contribution in [2.75, 3.05) is 0 Å². The second kappa shape index (κ2) is 5.47. The Morgan fingerprint density at radius 2 is 1.82 bits per heavy atom. The van der Waals surface area contributed by atoms with E-state index in [0.717, 1.165) is 11.0 Å². The van der Waals surface area contributed by atoms with Gasteiger partial charge in [-0.15, -0.1) is 0 Å². The molecule has 94 valence electrons. The second-order valence-corrected chi connectivity index (χ2v) is 5.83. The maximum Gasteiger partial charge on any atom is 0.290 e. The van der Waals surface area contributed by atoms with Gasteiger partial charge in [-0.05, 0) is 31.9 Å². The highest BCUT2D eigenvalue weighted by molar-refractivity contribution is 7.89. The first-order valence-electron chi connectivity index (χ1n) is 5.53. The Labute approximate surface area is 103 Å². The quantitative estimate of drug-likeness (QED) is 0.758. The van der Waals surface area contributed by atoms with Crippen LogP contribution in [0.2, 0.25) is 0 Å². The number of hydrogen-bond donors (Lipinski definition) is 0. The van der Waals surface area contributed by atoms with Gasteiger partial charge in [0.05, 0.1) is 11.0 Å². The highest BCUT2D eigenvalue weighted by Gasteiger charge is 2.22. The molecule has 0 atom stereocenters. The van der Waals surface area contributed by atoms with Crippen LogP contribution < -0.4 is 0 Å². The smallest absolute Gasteiger partial charge is 0.261 e. The molecule has 0 bridgehead atoms. The Hall–Kier alpha value is -1.13. The summed E-state index contributed by atoms with van der Waals surface area (Å²) in [4.78, 5) is 0. The summed E-state index contributed by atoms with van der Waals surface area (Å²) in [5.41, 5.74) is 0.161. The van der Waals surface area contributed by atoms with Crippen molar-refractivity contribution in [2.24, 2.45) is 0 Å². The predicted octanol–water partition coefficient (Wildman–Crippen LogP) is 3.19. The van der Waals surface area contributed by atoms with E-state index in [0.29, 0.717) is 6.42 Å². The molecule has 3 nitrogen and oxygen atoms in total. The van der Waals surface area contributed by atoms with Crippen LogP contribution in [0.25, 0.3) is 6.08 Å². The van der Waals surface area contributed by atoms with Gasteiger partial charge < -0.3 is 0 Å². The van der Waals surface area contributed by atoms with Gasteiger partial charge >= 0.3 is 0 Å². The Kier molecular flexibility index (Phi) is 4.48. The largest absolute Gasteiger partial charge is 0.290 e. The van der Waals surface area contributed by atoms with Crippen LogP contribution in [0, 0.1) is 0 Å². The van der Waals surface area contributed by atoms with Crippen LogP contribution >= 0.6 is 0 Å². The van der Waals surface area contributed by atoms with E-state index in [1.54, 1.807) is 13.8 Å². The van der Waals surface area contributed by atoms with Gasteiger partial charge in [0.1, 0.15) is 0 Å². The standard InChI is InChI=1S/C13H18O3S/c1-4-13(2,3)16-17(14,15)11-10-12-8-6-5-7-9-12/h5-11H,4H2,1-3H3. The van der Waals surface area contributed by atoms with Crippen molar-refractivity contribution in [3.05, 3.63) is 41.3 Å². The maximum atomic E-state index is 11.7.